The van der Waals surface area contributed by atoms with Crippen LogP contribution in [0.1, 0.15) is 71.1 Å². The lowest BCUT2D eigenvalue weighted by Crippen LogP contribution is -2.50. The topological polar surface area (TPSA) is 58.6 Å². The lowest BCUT2D eigenvalue weighted by Gasteiger charge is -2.26. The molecule has 2 fully saturated rings. The number of aliphatic carboxylic acids is 1. The van der Waals surface area contributed by atoms with Gasteiger partial charge < -0.3 is 9.84 Å². The highest BCUT2D eigenvalue weighted by atomic mass is 16.5. The van der Waals surface area contributed by atoms with Gasteiger partial charge in [0.05, 0.1) is 6.10 Å². The summed E-state index contributed by atoms with van der Waals surface area (Å²) in [6.07, 6.45) is 11.7. The van der Waals surface area contributed by atoms with Crippen molar-refractivity contribution in [2.24, 2.45) is 0 Å². The number of hydrogen-bond acceptors (Lipinski definition) is 3. The third kappa shape index (κ3) is 5.06. The van der Waals surface area contributed by atoms with Crippen molar-refractivity contribution in [1.82, 2.24) is 5.32 Å². The van der Waals surface area contributed by atoms with Crippen molar-refractivity contribution in [2.45, 2.75) is 88.8 Å². The summed E-state index contributed by atoms with van der Waals surface area (Å²) >= 11 is 0. The average Bonchev–Trinajstić information content (AvgIpc) is 3.22. The maximum Gasteiger partial charge on any atom is 0.323 e. The van der Waals surface area contributed by atoms with Crippen LogP contribution in [0.25, 0.3) is 0 Å². The Morgan fingerprint density at radius 3 is 2.40 bits per heavy atom. The third-order valence-corrected chi connectivity index (χ3v) is 4.55. The molecular weight excluding hydrogens is 254 g/mol. The molecular formula is C16H29NO3. The van der Waals surface area contributed by atoms with Gasteiger partial charge in [-0.15, -0.1) is 0 Å². The Morgan fingerprint density at radius 2 is 1.85 bits per heavy atom. The fraction of sp³-hybridized carbons (Fsp3) is 0.938. The number of ether oxygens (including phenoxy) is 1. The molecule has 0 aromatic heterocycles. The number of carboxylic acids is 1. The largest absolute Gasteiger partial charge is 0.480 e. The minimum absolute atomic E-state index is 0.407. The standard InChI is InChI=1S/C16H29NO3/c1-16(15(18)19,17-13-9-10-13)11-6-12-20-14-7-4-2-3-5-8-14/h13-14,17H,2-12H2,1H3,(H,18,19). The van der Waals surface area contributed by atoms with Crippen LogP contribution < -0.4 is 5.32 Å². The zero-order valence-electron chi connectivity index (χ0n) is 12.7. The van der Waals surface area contributed by atoms with E-state index in [9.17, 15) is 9.90 Å². The predicted molar refractivity (Wildman–Crippen MR) is 78.9 cm³/mol. The van der Waals surface area contributed by atoms with E-state index >= 15 is 0 Å². The molecule has 4 nitrogen and oxygen atoms in total. The van der Waals surface area contributed by atoms with Gasteiger partial charge in [-0.3, -0.25) is 10.1 Å². The summed E-state index contributed by atoms with van der Waals surface area (Å²) in [4.78, 5) is 11.4. The van der Waals surface area contributed by atoms with Crippen LogP contribution in [0.5, 0.6) is 0 Å². The summed E-state index contributed by atoms with van der Waals surface area (Å²) in [5.74, 6) is -0.737. The minimum Gasteiger partial charge on any atom is -0.480 e. The van der Waals surface area contributed by atoms with Crippen molar-refractivity contribution < 1.29 is 14.6 Å². The first-order chi connectivity index (χ1) is 9.60. The molecule has 2 aliphatic rings. The molecule has 0 aliphatic heterocycles. The highest BCUT2D eigenvalue weighted by Gasteiger charge is 2.37. The first kappa shape index (κ1) is 15.8. The molecule has 2 saturated carbocycles. The normalized spacial score (nSPS) is 24.1. The quantitative estimate of drug-likeness (QED) is 0.531. The monoisotopic (exact) mass is 283 g/mol. The summed E-state index contributed by atoms with van der Waals surface area (Å²) < 4.78 is 5.94. The number of rotatable bonds is 8. The molecule has 0 bridgehead atoms. The molecule has 2 N–H and O–H groups in total. The molecule has 1 atom stereocenters. The molecule has 1 unspecified atom stereocenters. The third-order valence-electron chi connectivity index (χ3n) is 4.55. The molecule has 0 aromatic rings. The zero-order valence-corrected chi connectivity index (χ0v) is 12.7. The van der Waals surface area contributed by atoms with Crippen LogP contribution in [-0.2, 0) is 9.53 Å². The molecule has 0 amide bonds. The van der Waals surface area contributed by atoms with Crippen LogP contribution in [0.2, 0.25) is 0 Å². The van der Waals surface area contributed by atoms with Crippen LogP contribution >= 0.6 is 0 Å². The Labute approximate surface area is 122 Å². The van der Waals surface area contributed by atoms with Gasteiger partial charge in [0.1, 0.15) is 5.54 Å². The maximum atomic E-state index is 11.4. The smallest absolute Gasteiger partial charge is 0.323 e. The average molecular weight is 283 g/mol. The van der Waals surface area contributed by atoms with Gasteiger partial charge in [-0.2, -0.15) is 0 Å². The first-order valence-electron chi connectivity index (χ1n) is 8.23. The van der Waals surface area contributed by atoms with E-state index in [1.807, 2.05) is 0 Å². The summed E-state index contributed by atoms with van der Waals surface area (Å²) in [5.41, 5.74) is -0.784. The molecule has 116 valence electrons. The fourth-order valence-electron chi connectivity index (χ4n) is 3.00. The van der Waals surface area contributed by atoms with Gasteiger partial charge in [0.25, 0.3) is 0 Å². The second-order valence-electron chi connectivity index (χ2n) is 6.64. The Hall–Kier alpha value is -0.610. The first-order valence-corrected chi connectivity index (χ1v) is 8.23. The molecule has 2 aliphatic carbocycles. The van der Waals surface area contributed by atoms with Crippen molar-refractivity contribution in [2.75, 3.05) is 6.61 Å². The lowest BCUT2D eigenvalue weighted by molar-refractivity contribution is -0.144. The Morgan fingerprint density at radius 1 is 1.20 bits per heavy atom. The van der Waals surface area contributed by atoms with Crippen molar-refractivity contribution in [1.29, 1.82) is 0 Å². The highest BCUT2D eigenvalue weighted by molar-refractivity contribution is 5.78. The van der Waals surface area contributed by atoms with E-state index in [2.05, 4.69) is 5.32 Å². The summed E-state index contributed by atoms with van der Waals surface area (Å²) in [7, 11) is 0. The molecule has 0 aromatic carbocycles. The van der Waals surface area contributed by atoms with E-state index < -0.39 is 11.5 Å². The number of carbonyl (C=O) groups is 1. The van der Waals surface area contributed by atoms with Crippen LogP contribution in [0.4, 0.5) is 0 Å². The van der Waals surface area contributed by atoms with Gasteiger partial charge in [0.15, 0.2) is 0 Å². The highest BCUT2D eigenvalue weighted by Crippen LogP contribution is 2.25. The van der Waals surface area contributed by atoms with Gasteiger partial charge in [-0.1, -0.05) is 25.7 Å². The fourth-order valence-corrected chi connectivity index (χ4v) is 3.00. The van der Waals surface area contributed by atoms with E-state index in [0.717, 1.165) is 19.3 Å². The van der Waals surface area contributed by atoms with Crippen LogP contribution in [0, 0.1) is 0 Å². The van der Waals surface area contributed by atoms with Gasteiger partial charge in [-0.05, 0) is 45.4 Å². The Kier molecular flexibility index (Phi) is 5.85. The van der Waals surface area contributed by atoms with Crippen molar-refractivity contribution in [3.05, 3.63) is 0 Å². The maximum absolute atomic E-state index is 11.4. The molecule has 0 spiro atoms. The summed E-state index contributed by atoms with van der Waals surface area (Å²) in [5, 5.41) is 12.7. The molecule has 0 heterocycles. The van der Waals surface area contributed by atoms with Crippen molar-refractivity contribution in [3.63, 3.8) is 0 Å². The molecule has 2 rings (SSSR count). The molecule has 20 heavy (non-hydrogen) atoms. The molecule has 4 heteroatoms. The van der Waals surface area contributed by atoms with Crippen LogP contribution in [-0.4, -0.2) is 35.4 Å². The molecule has 0 radical (unpaired) electrons. The van der Waals surface area contributed by atoms with Crippen molar-refractivity contribution >= 4 is 5.97 Å². The second kappa shape index (κ2) is 7.41. The van der Waals surface area contributed by atoms with E-state index in [1.165, 1.54) is 38.5 Å². The van der Waals surface area contributed by atoms with Gasteiger partial charge in [-0.25, -0.2) is 0 Å². The van der Waals surface area contributed by atoms with E-state index in [4.69, 9.17) is 4.74 Å². The minimum atomic E-state index is -0.784. The van der Waals surface area contributed by atoms with E-state index in [0.29, 0.717) is 25.2 Å². The van der Waals surface area contributed by atoms with E-state index in [1.54, 1.807) is 6.92 Å². The van der Waals surface area contributed by atoms with Gasteiger partial charge in [0.2, 0.25) is 0 Å². The van der Waals surface area contributed by atoms with Gasteiger partial charge >= 0.3 is 5.97 Å². The van der Waals surface area contributed by atoms with Crippen LogP contribution in [0.15, 0.2) is 0 Å². The van der Waals surface area contributed by atoms with Crippen LogP contribution in [0.3, 0.4) is 0 Å². The SMILES string of the molecule is CC(CCCOC1CCCCCC1)(NC1CC1)C(=O)O. The number of hydrogen-bond donors (Lipinski definition) is 2. The Bertz CT molecular complexity index is 309. The van der Waals surface area contributed by atoms with E-state index in [-0.39, 0.29) is 0 Å². The Balaban J connectivity index is 1.65. The number of carboxylic acid groups (broad SMARTS) is 1. The zero-order chi connectivity index (χ0) is 14.4. The van der Waals surface area contributed by atoms with Gasteiger partial charge in [0, 0.05) is 12.6 Å². The number of nitrogens with one attached hydrogen (secondary N) is 1. The van der Waals surface area contributed by atoms with Crippen molar-refractivity contribution in [3.8, 4) is 0 Å². The lowest BCUT2D eigenvalue weighted by atomic mass is 9.96. The summed E-state index contributed by atoms with van der Waals surface area (Å²) in [6.45, 7) is 2.50. The predicted octanol–water partition coefficient (Wildman–Crippen LogP) is 3.10. The second-order valence-corrected chi connectivity index (χ2v) is 6.64. The summed E-state index contributed by atoms with van der Waals surface area (Å²) in [6, 6.07) is 0.416. The molecule has 0 saturated heterocycles.